The first-order valence-corrected chi connectivity index (χ1v) is 6.37. The lowest BCUT2D eigenvalue weighted by Crippen LogP contribution is -2.31. The van der Waals surface area contributed by atoms with Crippen LogP contribution >= 0.6 is 0 Å². The molecule has 0 fully saturated rings. The van der Waals surface area contributed by atoms with Gasteiger partial charge in [0, 0.05) is 0 Å². The van der Waals surface area contributed by atoms with E-state index in [1.54, 1.807) is 19.1 Å². The molecule has 0 aliphatic heterocycles. The molecule has 3 N–H and O–H groups in total. The first-order chi connectivity index (χ1) is 8.95. The number of carbonyl (C=O) groups is 1. The van der Waals surface area contributed by atoms with E-state index in [2.05, 4.69) is 5.32 Å². The maximum atomic E-state index is 11.3. The molecule has 5 heteroatoms. The molecule has 0 heterocycles. The number of aromatic hydroxyl groups is 1. The Kier molecular flexibility index (Phi) is 5.63. The highest BCUT2D eigenvalue weighted by molar-refractivity contribution is 5.76. The lowest BCUT2D eigenvalue weighted by atomic mass is 10.1. The van der Waals surface area contributed by atoms with E-state index in [1.807, 2.05) is 13.8 Å². The minimum Gasteiger partial charge on any atom is -0.504 e. The van der Waals surface area contributed by atoms with Gasteiger partial charge < -0.3 is 20.3 Å². The van der Waals surface area contributed by atoms with Gasteiger partial charge in [-0.25, -0.2) is 0 Å². The Morgan fingerprint density at radius 2 is 2.11 bits per heavy atom. The quantitative estimate of drug-likeness (QED) is 0.705. The van der Waals surface area contributed by atoms with Gasteiger partial charge in [-0.15, -0.1) is 0 Å². The van der Waals surface area contributed by atoms with Crippen molar-refractivity contribution in [3.05, 3.63) is 23.8 Å². The fraction of sp³-hybridized carbons (Fsp3) is 0.500. The number of carboxylic acids is 1. The smallest absolute Gasteiger partial charge is 0.325 e. The predicted octanol–water partition coefficient (Wildman–Crippen LogP) is 2.16. The standard InChI is InChI=1S/C14H21NO4/c1-4-19-12-7-10(5-6-11(12)16)13(14(17)18)15-8-9(2)3/h5-7,9,13,15-16H,4,8H2,1-3H3,(H,17,18). The van der Waals surface area contributed by atoms with Crippen LogP contribution < -0.4 is 10.1 Å². The Bertz CT molecular complexity index is 431. The maximum Gasteiger partial charge on any atom is 0.325 e. The Morgan fingerprint density at radius 3 is 2.63 bits per heavy atom. The molecule has 1 aromatic carbocycles. The van der Waals surface area contributed by atoms with Crippen LogP contribution in [0.15, 0.2) is 18.2 Å². The lowest BCUT2D eigenvalue weighted by molar-refractivity contribution is -0.139. The third-order valence-electron chi connectivity index (χ3n) is 2.59. The zero-order valence-corrected chi connectivity index (χ0v) is 11.5. The molecular weight excluding hydrogens is 246 g/mol. The molecule has 0 saturated heterocycles. The van der Waals surface area contributed by atoms with E-state index < -0.39 is 12.0 Å². The molecule has 1 unspecified atom stereocenters. The van der Waals surface area contributed by atoms with E-state index >= 15 is 0 Å². The van der Waals surface area contributed by atoms with Crippen LogP contribution in [0.2, 0.25) is 0 Å². The zero-order valence-electron chi connectivity index (χ0n) is 11.5. The number of hydrogen-bond acceptors (Lipinski definition) is 4. The summed E-state index contributed by atoms with van der Waals surface area (Å²) in [7, 11) is 0. The van der Waals surface area contributed by atoms with Crippen LogP contribution in [-0.2, 0) is 4.79 Å². The summed E-state index contributed by atoms with van der Waals surface area (Å²) in [4.78, 5) is 11.3. The highest BCUT2D eigenvalue weighted by atomic mass is 16.5. The number of nitrogens with one attached hydrogen (secondary N) is 1. The first-order valence-electron chi connectivity index (χ1n) is 6.37. The Hall–Kier alpha value is -1.75. The number of rotatable bonds is 7. The van der Waals surface area contributed by atoms with Gasteiger partial charge in [-0.05, 0) is 37.1 Å². The molecule has 19 heavy (non-hydrogen) atoms. The summed E-state index contributed by atoms with van der Waals surface area (Å²) in [5.74, 6) is -0.282. The molecule has 0 aliphatic carbocycles. The first kappa shape index (κ1) is 15.3. The highest BCUT2D eigenvalue weighted by Crippen LogP contribution is 2.29. The summed E-state index contributed by atoms with van der Waals surface area (Å²) < 4.78 is 5.26. The molecule has 5 nitrogen and oxygen atoms in total. The Labute approximate surface area is 113 Å². The van der Waals surface area contributed by atoms with E-state index in [4.69, 9.17) is 4.74 Å². The van der Waals surface area contributed by atoms with Crippen LogP contribution in [0.1, 0.15) is 32.4 Å². The van der Waals surface area contributed by atoms with Gasteiger partial charge in [0.15, 0.2) is 11.5 Å². The second-order valence-electron chi connectivity index (χ2n) is 4.73. The van der Waals surface area contributed by atoms with Crippen molar-refractivity contribution in [2.24, 2.45) is 5.92 Å². The van der Waals surface area contributed by atoms with Gasteiger partial charge in [0.2, 0.25) is 0 Å². The molecule has 0 saturated carbocycles. The third kappa shape index (κ3) is 4.44. The molecule has 0 amide bonds. The van der Waals surface area contributed by atoms with Crippen molar-refractivity contribution in [3.63, 3.8) is 0 Å². The summed E-state index contributed by atoms with van der Waals surface area (Å²) in [5, 5.41) is 21.9. The minimum atomic E-state index is -0.950. The van der Waals surface area contributed by atoms with E-state index in [1.165, 1.54) is 6.07 Å². The summed E-state index contributed by atoms with van der Waals surface area (Å²) in [6.45, 7) is 6.83. The molecule has 1 atom stereocenters. The van der Waals surface area contributed by atoms with Crippen molar-refractivity contribution < 1.29 is 19.7 Å². The SMILES string of the molecule is CCOc1cc(C(NCC(C)C)C(=O)O)ccc1O. The van der Waals surface area contributed by atoms with Gasteiger partial charge in [-0.1, -0.05) is 19.9 Å². The average molecular weight is 267 g/mol. The van der Waals surface area contributed by atoms with E-state index in [9.17, 15) is 15.0 Å². The number of phenols is 1. The van der Waals surface area contributed by atoms with Crippen molar-refractivity contribution in [2.75, 3.05) is 13.2 Å². The van der Waals surface area contributed by atoms with Gasteiger partial charge in [0.05, 0.1) is 6.61 Å². The number of hydrogen-bond donors (Lipinski definition) is 3. The fourth-order valence-electron chi connectivity index (χ4n) is 1.68. The van der Waals surface area contributed by atoms with Gasteiger partial charge in [0.1, 0.15) is 6.04 Å². The van der Waals surface area contributed by atoms with Crippen molar-refractivity contribution in [1.82, 2.24) is 5.32 Å². The number of phenolic OH excluding ortho intramolecular Hbond substituents is 1. The molecule has 1 aromatic rings. The van der Waals surface area contributed by atoms with Gasteiger partial charge >= 0.3 is 5.97 Å². The number of ether oxygens (including phenoxy) is 1. The Morgan fingerprint density at radius 1 is 1.42 bits per heavy atom. The molecule has 0 spiro atoms. The van der Waals surface area contributed by atoms with Gasteiger partial charge in [0.25, 0.3) is 0 Å². The number of aliphatic carboxylic acids is 1. The van der Waals surface area contributed by atoms with Crippen LogP contribution in [-0.4, -0.2) is 29.3 Å². The fourth-order valence-corrected chi connectivity index (χ4v) is 1.68. The minimum absolute atomic E-state index is 0.0126. The molecule has 0 radical (unpaired) electrons. The molecule has 1 rings (SSSR count). The molecule has 0 bridgehead atoms. The molecule has 0 aromatic heterocycles. The van der Waals surface area contributed by atoms with Gasteiger partial charge in [-0.2, -0.15) is 0 Å². The molecule has 0 aliphatic rings. The monoisotopic (exact) mass is 267 g/mol. The van der Waals surface area contributed by atoms with Crippen LogP contribution in [0.4, 0.5) is 0 Å². The third-order valence-corrected chi connectivity index (χ3v) is 2.59. The molecule has 106 valence electrons. The zero-order chi connectivity index (χ0) is 14.4. The Balaban J connectivity index is 2.95. The lowest BCUT2D eigenvalue weighted by Gasteiger charge is -2.17. The van der Waals surface area contributed by atoms with E-state index in [0.717, 1.165) is 0 Å². The van der Waals surface area contributed by atoms with Crippen molar-refractivity contribution in [1.29, 1.82) is 0 Å². The van der Waals surface area contributed by atoms with Gasteiger partial charge in [-0.3, -0.25) is 4.79 Å². The summed E-state index contributed by atoms with van der Waals surface area (Å²) in [5.41, 5.74) is 0.564. The van der Waals surface area contributed by atoms with Crippen LogP contribution in [0.3, 0.4) is 0 Å². The van der Waals surface area contributed by atoms with Crippen molar-refractivity contribution >= 4 is 5.97 Å². The van der Waals surface area contributed by atoms with Crippen LogP contribution in [0, 0.1) is 5.92 Å². The van der Waals surface area contributed by atoms with E-state index in [-0.39, 0.29) is 5.75 Å². The number of carboxylic acid groups (broad SMARTS) is 1. The largest absolute Gasteiger partial charge is 0.504 e. The predicted molar refractivity (Wildman–Crippen MR) is 72.5 cm³/mol. The van der Waals surface area contributed by atoms with Crippen LogP contribution in [0.5, 0.6) is 11.5 Å². The summed E-state index contributed by atoms with van der Waals surface area (Å²) in [6.07, 6.45) is 0. The normalized spacial score (nSPS) is 12.4. The topological polar surface area (TPSA) is 78.8 Å². The average Bonchev–Trinajstić information content (AvgIpc) is 2.32. The maximum absolute atomic E-state index is 11.3. The number of benzene rings is 1. The van der Waals surface area contributed by atoms with Crippen molar-refractivity contribution in [3.8, 4) is 11.5 Å². The van der Waals surface area contributed by atoms with E-state index in [0.29, 0.717) is 30.4 Å². The van der Waals surface area contributed by atoms with Crippen molar-refractivity contribution in [2.45, 2.75) is 26.8 Å². The summed E-state index contributed by atoms with van der Waals surface area (Å²) in [6, 6.07) is 3.80. The summed E-state index contributed by atoms with van der Waals surface area (Å²) >= 11 is 0. The molecular formula is C14H21NO4. The highest BCUT2D eigenvalue weighted by Gasteiger charge is 2.20. The second-order valence-corrected chi connectivity index (χ2v) is 4.73. The second kappa shape index (κ2) is 6.99. The van der Waals surface area contributed by atoms with Crippen LogP contribution in [0.25, 0.3) is 0 Å².